The fourth-order valence-electron chi connectivity index (χ4n) is 5.04. The molecule has 0 unspecified atom stereocenters. The average Bonchev–Trinajstić information content (AvgIpc) is 3.08. The van der Waals surface area contributed by atoms with E-state index >= 15 is 0 Å². The van der Waals surface area contributed by atoms with Crippen LogP contribution in [0.5, 0.6) is 0 Å². The smallest absolute Gasteiger partial charge is 0.322 e. The van der Waals surface area contributed by atoms with Gasteiger partial charge in [0.25, 0.3) is 5.91 Å². The first kappa shape index (κ1) is 19.7. The molecule has 2 aliphatic rings. The number of fused-ring (bicyclic) bond motifs is 1. The van der Waals surface area contributed by atoms with Gasteiger partial charge in [0.1, 0.15) is 5.54 Å². The average molecular weight is 415 g/mol. The van der Waals surface area contributed by atoms with Gasteiger partial charge in [-0.3, -0.25) is 20.0 Å². The molecule has 0 saturated carbocycles. The molecule has 6 heteroatoms. The second-order valence-corrected chi connectivity index (χ2v) is 8.62. The van der Waals surface area contributed by atoms with E-state index in [9.17, 15) is 9.59 Å². The Morgan fingerprint density at radius 1 is 0.968 bits per heavy atom. The van der Waals surface area contributed by atoms with E-state index in [1.807, 2.05) is 42.6 Å². The number of likely N-dealkylation sites (tertiary alicyclic amines) is 1. The maximum Gasteiger partial charge on any atom is 0.322 e. The van der Waals surface area contributed by atoms with Gasteiger partial charge in [0, 0.05) is 24.5 Å². The van der Waals surface area contributed by atoms with Gasteiger partial charge in [-0.15, -0.1) is 0 Å². The lowest BCUT2D eigenvalue weighted by Crippen LogP contribution is -2.57. The second-order valence-electron chi connectivity index (χ2n) is 8.62. The van der Waals surface area contributed by atoms with Crippen LogP contribution in [-0.4, -0.2) is 40.5 Å². The normalized spacial score (nSPS) is 22.5. The van der Waals surface area contributed by atoms with E-state index in [0.717, 1.165) is 48.9 Å². The molecule has 31 heavy (non-hydrogen) atoms. The Kier molecular flexibility index (Phi) is 5.16. The van der Waals surface area contributed by atoms with Gasteiger partial charge in [-0.1, -0.05) is 42.5 Å². The van der Waals surface area contributed by atoms with Crippen molar-refractivity contribution in [2.45, 2.75) is 31.3 Å². The molecule has 3 amide bonds. The Balaban J connectivity index is 1.29. The standard InChI is InChI=1S/C25H26N4O2/c30-23-25(28-24(31)27-23,16-18-5-2-1-3-6-18)21-10-13-29(14-11-21)17-19-8-9-22-20(15-19)7-4-12-26-22/h1-9,12,15,21H,10-11,13-14,16-17H2,(H2,27,28,30,31)/t25-/m0/s1. The molecule has 0 radical (unpaired) electrons. The highest BCUT2D eigenvalue weighted by atomic mass is 16.2. The van der Waals surface area contributed by atoms with Crippen molar-refractivity contribution in [2.75, 3.05) is 13.1 Å². The van der Waals surface area contributed by atoms with Gasteiger partial charge in [0.15, 0.2) is 0 Å². The van der Waals surface area contributed by atoms with Crippen LogP contribution >= 0.6 is 0 Å². The quantitative estimate of drug-likeness (QED) is 0.629. The van der Waals surface area contributed by atoms with E-state index in [4.69, 9.17) is 0 Å². The molecular formula is C25H26N4O2. The highest BCUT2D eigenvalue weighted by Gasteiger charge is 2.52. The molecule has 5 rings (SSSR count). The highest BCUT2D eigenvalue weighted by molar-refractivity contribution is 6.07. The number of nitrogens with one attached hydrogen (secondary N) is 2. The number of carbonyl (C=O) groups is 2. The number of imide groups is 1. The maximum absolute atomic E-state index is 12.9. The van der Waals surface area contributed by atoms with Crippen LogP contribution in [0.3, 0.4) is 0 Å². The molecule has 1 aromatic heterocycles. The molecule has 158 valence electrons. The largest absolute Gasteiger partial charge is 0.323 e. The molecule has 2 aromatic carbocycles. The van der Waals surface area contributed by atoms with E-state index in [-0.39, 0.29) is 17.9 Å². The van der Waals surface area contributed by atoms with E-state index in [0.29, 0.717) is 6.42 Å². The summed E-state index contributed by atoms with van der Waals surface area (Å²) in [4.78, 5) is 31.8. The first-order valence-corrected chi connectivity index (χ1v) is 10.9. The predicted molar refractivity (Wildman–Crippen MR) is 119 cm³/mol. The number of carbonyl (C=O) groups excluding carboxylic acids is 2. The number of hydrogen-bond donors (Lipinski definition) is 2. The lowest BCUT2D eigenvalue weighted by Gasteiger charge is -2.40. The number of urea groups is 1. The molecule has 3 aromatic rings. The summed E-state index contributed by atoms with van der Waals surface area (Å²) >= 11 is 0. The molecule has 2 aliphatic heterocycles. The van der Waals surface area contributed by atoms with Crippen LogP contribution in [0, 0.1) is 5.92 Å². The highest BCUT2D eigenvalue weighted by Crippen LogP contribution is 2.34. The van der Waals surface area contributed by atoms with Crippen LogP contribution < -0.4 is 10.6 Å². The van der Waals surface area contributed by atoms with Crippen molar-refractivity contribution in [1.29, 1.82) is 0 Å². The summed E-state index contributed by atoms with van der Waals surface area (Å²) in [5.41, 5.74) is 2.48. The van der Waals surface area contributed by atoms with Gasteiger partial charge in [-0.2, -0.15) is 0 Å². The third kappa shape index (κ3) is 3.91. The fraction of sp³-hybridized carbons (Fsp3) is 0.320. The Labute approximate surface area is 181 Å². The second kappa shape index (κ2) is 8.12. The SMILES string of the molecule is O=C1NC(=O)[C@](Cc2ccccc2)(C2CCN(Cc3ccc4ncccc4c3)CC2)N1. The van der Waals surface area contributed by atoms with Gasteiger partial charge in [0.2, 0.25) is 0 Å². The van der Waals surface area contributed by atoms with Crippen molar-refractivity contribution in [3.63, 3.8) is 0 Å². The van der Waals surface area contributed by atoms with E-state index in [1.54, 1.807) is 0 Å². The number of rotatable bonds is 5. The van der Waals surface area contributed by atoms with Crippen molar-refractivity contribution in [3.05, 3.63) is 78.0 Å². The zero-order valence-corrected chi connectivity index (χ0v) is 17.4. The Morgan fingerprint density at radius 3 is 2.52 bits per heavy atom. The summed E-state index contributed by atoms with van der Waals surface area (Å²) in [6.07, 6.45) is 4.08. The summed E-state index contributed by atoms with van der Waals surface area (Å²) < 4.78 is 0. The molecule has 6 nitrogen and oxygen atoms in total. The minimum absolute atomic E-state index is 0.108. The van der Waals surface area contributed by atoms with Crippen LogP contribution in [0.2, 0.25) is 0 Å². The molecule has 1 atom stereocenters. The zero-order chi connectivity index (χ0) is 21.3. The molecule has 2 saturated heterocycles. The van der Waals surface area contributed by atoms with Crippen molar-refractivity contribution in [1.82, 2.24) is 20.5 Å². The predicted octanol–water partition coefficient (Wildman–Crippen LogP) is 3.27. The molecule has 0 spiro atoms. The van der Waals surface area contributed by atoms with Crippen LogP contribution in [0.15, 0.2) is 66.9 Å². The van der Waals surface area contributed by atoms with E-state index in [2.05, 4.69) is 44.8 Å². The third-order valence-electron chi connectivity index (χ3n) is 6.65. The zero-order valence-electron chi connectivity index (χ0n) is 17.4. The summed E-state index contributed by atoms with van der Waals surface area (Å²) in [5, 5.41) is 6.63. The molecule has 2 fully saturated rings. The monoisotopic (exact) mass is 414 g/mol. The minimum atomic E-state index is -0.862. The number of amides is 3. The maximum atomic E-state index is 12.9. The van der Waals surface area contributed by atoms with E-state index < -0.39 is 5.54 Å². The summed E-state index contributed by atoms with van der Waals surface area (Å²) in [6, 6.07) is 20.0. The van der Waals surface area contributed by atoms with Gasteiger partial charge < -0.3 is 5.32 Å². The van der Waals surface area contributed by atoms with Crippen molar-refractivity contribution < 1.29 is 9.59 Å². The number of pyridine rings is 1. The summed E-state index contributed by atoms with van der Waals surface area (Å²) in [5.74, 6) is -0.0851. The lowest BCUT2D eigenvalue weighted by atomic mass is 9.74. The van der Waals surface area contributed by atoms with Crippen LogP contribution in [0.4, 0.5) is 4.79 Å². The first-order chi connectivity index (χ1) is 15.1. The van der Waals surface area contributed by atoms with Crippen LogP contribution in [-0.2, 0) is 17.8 Å². The van der Waals surface area contributed by atoms with Crippen molar-refractivity contribution >= 4 is 22.8 Å². The fourth-order valence-corrected chi connectivity index (χ4v) is 5.04. The lowest BCUT2D eigenvalue weighted by molar-refractivity contribution is -0.126. The molecule has 3 heterocycles. The topological polar surface area (TPSA) is 74.3 Å². The van der Waals surface area contributed by atoms with Crippen LogP contribution in [0.1, 0.15) is 24.0 Å². The van der Waals surface area contributed by atoms with Crippen molar-refractivity contribution in [3.8, 4) is 0 Å². The minimum Gasteiger partial charge on any atom is -0.323 e. The number of nitrogens with zero attached hydrogens (tertiary/aromatic N) is 2. The first-order valence-electron chi connectivity index (χ1n) is 10.9. The summed E-state index contributed by atoms with van der Waals surface area (Å²) in [7, 11) is 0. The van der Waals surface area contributed by atoms with Crippen molar-refractivity contribution in [2.24, 2.45) is 5.92 Å². The Hall–Kier alpha value is -3.25. The Bertz CT molecular complexity index is 1110. The number of hydrogen-bond acceptors (Lipinski definition) is 4. The molecular weight excluding hydrogens is 388 g/mol. The number of aromatic nitrogens is 1. The summed E-state index contributed by atoms with van der Waals surface area (Å²) in [6.45, 7) is 2.67. The number of piperidine rings is 1. The molecule has 2 N–H and O–H groups in total. The third-order valence-corrected chi connectivity index (χ3v) is 6.65. The van der Waals surface area contributed by atoms with Gasteiger partial charge in [-0.05, 0) is 61.2 Å². The van der Waals surface area contributed by atoms with Gasteiger partial charge >= 0.3 is 6.03 Å². The van der Waals surface area contributed by atoms with E-state index in [1.165, 1.54) is 5.56 Å². The molecule has 0 aliphatic carbocycles. The number of benzene rings is 2. The molecule has 0 bridgehead atoms. The van der Waals surface area contributed by atoms with Gasteiger partial charge in [0.05, 0.1) is 5.52 Å². The van der Waals surface area contributed by atoms with Gasteiger partial charge in [-0.25, -0.2) is 4.79 Å². The van der Waals surface area contributed by atoms with Crippen LogP contribution in [0.25, 0.3) is 10.9 Å². The Morgan fingerprint density at radius 2 is 1.77 bits per heavy atom.